The van der Waals surface area contributed by atoms with Gasteiger partial charge in [-0.2, -0.15) is 0 Å². The predicted octanol–water partition coefficient (Wildman–Crippen LogP) is 3.31. The van der Waals surface area contributed by atoms with Crippen molar-refractivity contribution in [1.82, 2.24) is 0 Å². The van der Waals surface area contributed by atoms with Crippen molar-refractivity contribution in [1.29, 1.82) is 0 Å². The van der Waals surface area contributed by atoms with Crippen molar-refractivity contribution in [2.24, 2.45) is 10.4 Å². The summed E-state index contributed by atoms with van der Waals surface area (Å²) in [5.41, 5.74) is 1.50. The van der Waals surface area contributed by atoms with Crippen molar-refractivity contribution in [3.63, 3.8) is 0 Å². The second-order valence-corrected chi connectivity index (χ2v) is 4.39. The quantitative estimate of drug-likeness (QED) is 0.626. The molecule has 0 bridgehead atoms. The molecule has 0 aromatic rings. The fraction of sp³-hybridized carbons (Fsp3) is 0.583. The van der Waals surface area contributed by atoms with E-state index in [4.69, 9.17) is 4.74 Å². The van der Waals surface area contributed by atoms with Crippen LogP contribution in [0.1, 0.15) is 34.1 Å². The third kappa shape index (κ3) is 3.02. The molecular formula is C12H19NO. The van der Waals surface area contributed by atoms with Gasteiger partial charge in [-0.1, -0.05) is 26.8 Å². The standard InChI is InChI=1S/C12H19NO/c1-5-14-11-7-6-10(8-9-13-11)12(2,3)4/h6,8-9H,5,7H2,1-4H3. The molecular weight excluding hydrogens is 174 g/mol. The van der Waals surface area contributed by atoms with Gasteiger partial charge in [0.2, 0.25) is 0 Å². The summed E-state index contributed by atoms with van der Waals surface area (Å²) in [6.45, 7) is 9.27. The molecule has 1 aliphatic rings. The molecule has 0 amide bonds. The van der Waals surface area contributed by atoms with E-state index in [2.05, 4.69) is 37.9 Å². The molecule has 1 aliphatic heterocycles. The Balaban J connectivity index is 2.73. The highest BCUT2D eigenvalue weighted by atomic mass is 16.5. The summed E-state index contributed by atoms with van der Waals surface area (Å²) in [6.07, 6.45) is 6.88. The van der Waals surface area contributed by atoms with Crippen molar-refractivity contribution < 1.29 is 4.74 Å². The third-order valence-corrected chi connectivity index (χ3v) is 2.15. The Morgan fingerprint density at radius 1 is 1.43 bits per heavy atom. The fourth-order valence-corrected chi connectivity index (χ4v) is 1.34. The highest BCUT2D eigenvalue weighted by Crippen LogP contribution is 2.27. The van der Waals surface area contributed by atoms with Crippen LogP contribution in [0.15, 0.2) is 28.9 Å². The van der Waals surface area contributed by atoms with Gasteiger partial charge in [-0.05, 0) is 24.0 Å². The molecule has 1 heterocycles. The number of hydrogen-bond acceptors (Lipinski definition) is 2. The van der Waals surface area contributed by atoms with Crippen molar-refractivity contribution in [2.75, 3.05) is 6.61 Å². The lowest BCUT2D eigenvalue weighted by atomic mass is 9.86. The Morgan fingerprint density at radius 3 is 2.71 bits per heavy atom. The Hall–Kier alpha value is -1.05. The first-order valence-corrected chi connectivity index (χ1v) is 5.10. The van der Waals surface area contributed by atoms with Gasteiger partial charge in [-0.25, -0.2) is 4.99 Å². The third-order valence-electron chi connectivity index (χ3n) is 2.15. The Kier molecular flexibility index (Phi) is 3.50. The summed E-state index contributed by atoms with van der Waals surface area (Å²) in [7, 11) is 0. The summed E-state index contributed by atoms with van der Waals surface area (Å²) in [5, 5.41) is 0. The average molecular weight is 193 g/mol. The first-order chi connectivity index (χ1) is 6.54. The molecule has 0 N–H and O–H groups in total. The van der Waals surface area contributed by atoms with Gasteiger partial charge in [-0.3, -0.25) is 0 Å². The summed E-state index contributed by atoms with van der Waals surface area (Å²) in [4.78, 5) is 4.24. The molecule has 0 aromatic heterocycles. The number of ether oxygens (including phenoxy) is 1. The van der Waals surface area contributed by atoms with Crippen molar-refractivity contribution in [2.45, 2.75) is 34.1 Å². The molecule has 0 saturated heterocycles. The lowest BCUT2D eigenvalue weighted by molar-refractivity contribution is 0.321. The van der Waals surface area contributed by atoms with E-state index in [-0.39, 0.29) is 5.41 Å². The molecule has 2 heteroatoms. The molecule has 0 saturated carbocycles. The van der Waals surface area contributed by atoms with E-state index < -0.39 is 0 Å². The molecule has 78 valence electrons. The van der Waals surface area contributed by atoms with E-state index in [0.717, 1.165) is 12.3 Å². The molecule has 0 unspecified atom stereocenters. The molecule has 0 spiro atoms. The van der Waals surface area contributed by atoms with Crippen molar-refractivity contribution in [3.8, 4) is 0 Å². The van der Waals surface area contributed by atoms with Crippen LogP contribution in [0.3, 0.4) is 0 Å². The van der Waals surface area contributed by atoms with Crippen LogP contribution in [0, 0.1) is 5.41 Å². The predicted molar refractivity (Wildman–Crippen MR) is 60.4 cm³/mol. The van der Waals surface area contributed by atoms with Gasteiger partial charge in [0, 0.05) is 12.6 Å². The lowest BCUT2D eigenvalue weighted by Gasteiger charge is -2.19. The first kappa shape index (κ1) is 11.0. The van der Waals surface area contributed by atoms with Gasteiger partial charge in [0.25, 0.3) is 0 Å². The average Bonchev–Trinajstić information content (AvgIpc) is 2.29. The molecule has 0 radical (unpaired) electrons. The molecule has 1 rings (SSSR count). The highest BCUT2D eigenvalue weighted by molar-refractivity contribution is 5.79. The van der Waals surface area contributed by atoms with Gasteiger partial charge < -0.3 is 4.74 Å². The Labute approximate surface area is 86.4 Å². The zero-order valence-corrected chi connectivity index (χ0v) is 9.50. The van der Waals surface area contributed by atoms with E-state index >= 15 is 0 Å². The van der Waals surface area contributed by atoms with Gasteiger partial charge in [-0.15, -0.1) is 0 Å². The van der Waals surface area contributed by atoms with Crippen molar-refractivity contribution in [3.05, 3.63) is 23.9 Å². The molecule has 0 aliphatic carbocycles. The fourth-order valence-electron chi connectivity index (χ4n) is 1.34. The minimum absolute atomic E-state index is 0.188. The minimum atomic E-state index is 0.188. The van der Waals surface area contributed by atoms with Crippen LogP contribution in [0.4, 0.5) is 0 Å². The van der Waals surface area contributed by atoms with Gasteiger partial charge in [0.05, 0.1) is 6.61 Å². The maximum atomic E-state index is 5.38. The van der Waals surface area contributed by atoms with E-state index in [1.165, 1.54) is 5.57 Å². The number of hydrogen-bond donors (Lipinski definition) is 0. The largest absolute Gasteiger partial charge is 0.481 e. The van der Waals surface area contributed by atoms with E-state index in [1.54, 1.807) is 0 Å². The maximum absolute atomic E-state index is 5.38. The number of nitrogens with zero attached hydrogens (tertiary/aromatic N) is 1. The zero-order chi connectivity index (χ0) is 10.6. The van der Waals surface area contributed by atoms with Crippen LogP contribution in [0.2, 0.25) is 0 Å². The summed E-state index contributed by atoms with van der Waals surface area (Å²) in [6, 6.07) is 0. The second-order valence-electron chi connectivity index (χ2n) is 4.39. The molecule has 0 fully saturated rings. The van der Waals surface area contributed by atoms with Gasteiger partial charge >= 0.3 is 0 Å². The number of rotatable bonds is 1. The summed E-state index contributed by atoms with van der Waals surface area (Å²) < 4.78 is 5.38. The van der Waals surface area contributed by atoms with Crippen LogP contribution in [0.5, 0.6) is 0 Å². The Morgan fingerprint density at radius 2 is 2.14 bits per heavy atom. The molecule has 0 atom stereocenters. The van der Waals surface area contributed by atoms with Gasteiger partial charge in [0.15, 0.2) is 5.90 Å². The zero-order valence-electron chi connectivity index (χ0n) is 9.50. The summed E-state index contributed by atoms with van der Waals surface area (Å²) in [5.74, 6) is 0.808. The lowest BCUT2D eigenvalue weighted by Crippen LogP contribution is -2.08. The monoisotopic (exact) mass is 193 g/mol. The van der Waals surface area contributed by atoms with Crippen LogP contribution >= 0.6 is 0 Å². The number of aliphatic imine (C=N–C) groups is 1. The van der Waals surface area contributed by atoms with Crippen LogP contribution in [0.25, 0.3) is 0 Å². The number of allylic oxidation sites excluding steroid dienone is 2. The van der Waals surface area contributed by atoms with Crippen LogP contribution < -0.4 is 0 Å². The summed E-state index contributed by atoms with van der Waals surface area (Å²) >= 11 is 0. The maximum Gasteiger partial charge on any atom is 0.191 e. The molecule has 14 heavy (non-hydrogen) atoms. The molecule has 0 aromatic carbocycles. The van der Waals surface area contributed by atoms with E-state index in [1.807, 2.05) is 13.1 Å². The molecule has 2 nitrogen and oxygen atoms in total. The van der Waals surface area contributed by atoms with E-state index in [0.29, 0.717) is 6.61 Å². The normalized spacial score (nSPS) is 17.1. The smallest absolute Gasteiger partial charge is 0.191 e. The van der Waals surface area contributed by atoms with E-state index in [9.17, 15) is 0 Å². The van der Waals surface area contributed by atoms with Gasteiger partial charge in [0.1, 0.15) is 0 Å². The van der Waals surface area contributed by atoms with Crippen molar-refractivity contribution >= 4 is 5.90 Å². The highest BCUT2D eigenvalue weighted by Gasteiger charge is 2.15. The SMILES string of the molecule is CCOC1=NC=CC(C(C)(C)C)=CC1. The van der Waals surface area contributed by atoms with Crippen LogP contribution in [-0.2, 0) is 4.74 Å². The minimum Gasteiger partial charge on any atom is -0.481 e. The first-order valence-electron chi connectivity index (χ1n) is 5.10. The second kappa shape index (κ2) is 4.45. The topological polar surface area (TPSA) is 21.6 Å². The van der Waals surface area contributed by atoms with Crippen LogP contribution in [-0.4, -0.2) is 12.5 Å². The Bertz CT molecular complexity index is 279.